The first-order valence-electron chi connectivity index (χ1n) is 9.14. The van der Waals surface area contributed by atoms with Crippen LogP contribution < -0.4 is 5.32 Å². The number of anilines is 1. The molecule has 0 spiro atoms. The van der Waals surface area contributed by atoms with Gasteiger partial charge >= 0.3 is 0 Å². The van der Waals surface area contributed by atoms with E-state index in [1.807, 2.05) is 0 Å². The maximum absolute atomic E-state index is 12.9. The number of amides is 1. The smallest absolute Gasteiger partial charge is 0.243 e. The number of aromatic nitrogens is 2. The first kappa shape index (κ1) is 18.5. The molecule has 1 N–H and O–H groups in total. The fourth-order valence-corrected chi connectivity index (χ4v) is 5.96. The van der Waals surface area contributed by atoms with E-state index < -0.39 is 10.0 Å². The van der Waals surface area contributed by atoms with Gasteiger partial charge in [0.25, 0.3) is 0 Å². The van der Waals surface area contributed by atoms with Crippen LogP contribution in [0.25, 0.3) is 0 Å². The Morgan fingerprint density at radius 1 is 1.04 bits per heavy atom. The second kappa shape index (κ2) is 7.29. The zero-order valence-corrected chi connectivity index (χ0v) is 16.7. The van der Waals surface area contributed by atoms with Crippen LogP contribution in [-0.4, -0.2) is 41.9 Å². The van der Waals surface area contributed by atoms with Gasteiger partial charge in [0.05, 0.1) is 4.90 Å². The SMILES string of the molecule is CC(=O)Nc1ccc(S(=O)(=O)N2CCC(c3nnc(C4CC4)s3)CC2)cc1. The molecule has 0 bridgehead atoms. The van der Waals surface area contributed by atoms with Crippen LogP contribution in [0.1, 0.15) is 54.5 Å². The van der Waals surface area contributed by atoms with Gasteiger partial charge in [-0.05, 0) is 49.9 Å². The van der Waals surface area contributed by atoms with Crippen molar-refractivity contribution in [3.8, 4) is 0 Å². The number of benzene rings is 1. The van der Waals surface area contributed by atoms with E-state index in [1.54, 1.807) is 39.9 Å². The van der Waals surface area contributed by atoms with Crippen molar-refractivity contribution in [2.75, 3.05) is 18.4 Å². The van der Waals surface area contributed by atoms with Crippen LogP contribution in [0.15, 0.2) is 29.2 Å². The van der Waals surface area contributed by atoms with Crippen LogP contribution in [0, 0.1) is 0 Å². The van der Waals surface area contributed by atoms with Gasteiger partial charge in [-0.15, -0.1) is 21.5 Å². The summed E-state index contributed by atoms with van der Waals surface area (Å²) in [7, 11) is -3.52. The molecule has 0 radical (unpaired) electrons. The zero-order chi connectivity index (χ0) is 19.0. The molecule has 7 nitrogen and oxygen atoms in total. The van der Waals surface area contributed by atoms with Crippen molar-refractivity contribution >= 4 is 33.0 Å². The predicted molar refractivity (Wildman–Crippen MR) is 103 cm³/mol. The van der Waals surface area contributed by atoms with Crippen molar-refractivity contribution in [2.45, 2.75) is 49.3 Å². The van der Waals surface area contributed by atoms with E-state index in [9.17, 15) is 13.2 Å². The van der Waals surface area contributed by atoms with Gasteiger partial charge in [-0.3, -0.25) is 4.79 Å². The standard InChI is InChI=1S/C18H22N4O3S2/c1-12(23)19-15-4-6-16(7-5-15)27(24,25)22-10-8-14(9-11-22)18-21-20-17(26-18)13-2-3-13/h4-7,13-14H,2-3,8-11H2,1H3,(H,19,23). The second-order valence-electron chi connectivity index (χ2n) is 7.14. The van der Waals surface area contributed by atoms with Gasteiger partial charge in [-0.2, -0.15) is 4.31 Å². The Morgan fingerprint density at radius 3 is 2.11 bits per heavy atom. The summed E-state index contributed by atoms with van der Waals surface area (Å²) in [5, 5.41) is 13.5. The number of carbonyl (C=O) groups is 1. The number of hydrogen-bond acceptors (Lipinski definition) is 6. The number of carbonyl (C=O) groups excluding carboxylic acids is 1. The number of nitrogens with one attached hydrogen (secondary N) is 1. The summed E-state index contributed by atoms with van der Waals surface area (Å²) in [6.45, 7) is 2.39. The number of nitrogens with zero attached hydrogens (tertiary/aromatic N) is 3. The molecule has 0 unspecified atom stereocenters. The average molecular weight is 407 g/mol. The molecule has 27 heavy (non-hydrogen) atoms. The van der Waals surface area contributed by atoms with Crippen molar-refractivity contribution in [3.63, 3.8) is 0 Å². The lowest BCUT2D eigenvalue weighted by molar-refractivity contribution is -0.114. The van der Waals surface area contributed by atoms with Crippen molar-refractivity contribution in [2.24, 2.45) is 0 Å². The Kier molecular flexibility index (Phi) is 5.00. The Balaban J connectivity index is 1.40. The molecule has 1 aromatic carbocycles. The second-order valence-corrected chi connectivity index (χ2v) is 10.1. The van der Waals surface area contributed by atoms with Crippen molar-refractivity contribution in [3.05, 3.63) is 34.3 Å². The normalized spacial score (nSPS) is 19.1. The fourth-order valence-electron chi connectivity index (χ4n) is 3.31. The van der Waals surface area contributed by atoms with E-state index in [4.69, 9.17) is 0 Å². The van der Waals surface area contributed by atoms with Crippen LogP contribution >= 0.6 is 11.3 Å². The number of sulfonamides is 1. The minimum atomic E-state index is -3.52. The highest BCUT2D eigenvalue weighted by Gasteiger charge is 2.33. The van der Waals surface area contributed by atoms with Crippen molar-refractivity contribution in [1.82, 2.24) is 14.5 Å². The quantitative estimate of drug-likeness (QED) is 0.824. The van der Waals surface area contributed by atoms with E-state index in [0.29, 0.717) is 30.6 Å². The third-order valence-electron chi connectivity index (χ3n) is 5.00. The number of piperidine rings is 1. The van der Waals surface area contributed by atoms with E-state index in [-0.39, 0.29) is 10.8 Å². The van der Waals surface area contributed by atoms with Crippen LogP contribution in [0.4, 0.5) is 5.69 Å². The molecule has 1 saturated heterocycles. The Bertz CT molecular complexity index is 928. The Morgan fingerprint density at radius 2 is 1.59 bits per heavy atom. The molecule has 1 aliphatic carbocycles. The van der Waals surface area contributed by atoms with Gasteiger partial charge in [-0.1, -0.05) is 0 Å². The van der Waals surface area contributed by atoms with E-state index >= 15 is 0 Å². The van der Waals surface area contributed by atoms with Crippen LogP contribution in [-0.2, 0) is 14.8 Å². The highest BCUT2D eigenvalue weighted by atomic mass is 32.2. The summed E-state index contributed by atoms with van der Waals surface area (Å²) in [6.07, 6.45) is 3.96. The van der Waals surface area contributed by atoms with Gasteiger partial charge in [0, 0.05) is 37.5 Å². The lowest BCUT2D eigenvalue weighted by atomic mass is 9.99. The number of hydrogen-bond donors (Lipinski definition) is 1. The van der Waals surface area contributed by atoms with Gasteiger partial charge in [0.15, 0.2) is 0 Å². The first-order valence-corrected chi connectivity index (χ1v) is 11.4. The summed E-state index contributed by atoms with van der Waals surface area (Å²) in [4.78, 5) is 11.3. The fraction of sp³-hybridized carbons (Fsp3) is 0.500. The molecule has 2 fully saturated rings. The maximum Gasteiger partial charge on any atom is 0.243 e. The van der Waals surface area contributed by atoms with E-state index in [0.717, 1.165) is 22.9 Å². The molecule has 2 aromatic rings. The summed E-state index contributed by atoms with van der Waals surface area (Å²) in [6, 6.07) is 6.31. The lowest BCUT2D eigenvalue weighted by Gasteiger charge is -2.30. The Hall–Kier alpha value is -1.84. The average Bonchev–Trinajstić information content (AvgIpc) is 3.39. The highest BCUT2D eigenvalue weighted by molar-refractivity contribution is 7.89. The highest BCUT2D eigenvalue weighted by Crippen LogP contribution is 2.43. The minimum absolute atomic E-state index is 0.186. The maximum atomic E-state index is 12.9. The molecule has 0 atom stereocenters. The third-order valence-corrected chi connectivity index (χ3v) is 8.16. The van der Waals surface area contributed by atoms with E-state index in [2.05, 4.69) is 15.5 Å². The van der Waals surface area contributed by atoms with Gasteiger partial charge in [-0.25, -0.2) is 8.42 Å². The van der Waals surface area contributed by atoms with Gasteiger partial charge in [0.2, 0.25) is 15.9 Å². The zero-order valence-electron chi connectivity index (χ0n) is 15.1. The molecule has 1 saturated carbocycles. The van der Waals surface area contributed by atoms with E-state index in [1.165, 1.54) is 19.8 Å². The predicted octanol–water partition coefficient (Wildman–Crippen LogP) is 2.94. The van der Waals surface area contributed by atoms with Crippen molar-refractivity contribution < 1.29 is 13.2 Å². The van der Waals surface area contributed by atoms with Crippen LogP contribution in [0.5, 0.6) is 0 Å². The molecule has 2 heterocycles. The van der Waals surface area contributed by atoms with Gasteiger partial charge < -0.3 is 5.32 Å². The van der Waals surface area contributed by atoms with Gasteiger partial charge in [0.1, 0.15) is 10.0 Å². The summed E-state index contributed by atoms with van der Waals surface area (Å²) in [5.41, 5.74) is 0.586. The summed E-state index contributed by atoms with van der Waals surface area (Å²) < 4.78 is 27.3. The molecule has 144 valence electrons. The first-order chi connectivity index (χ1) is 12.9. The monoisotopic (exact) mass is 406 g/mol. The largest absolute Gasteiger partial charge is 0.326 e. The molecular weight excluding hydrogens is 384 g/mol. The van der Waals surface area contributed by atoms with Crippen LogP contribution in [0.2, 0.25) is 0 Å². The Labute approximate surface area is 162 Å². The third kappa shape index (κ3) is 4.04. The summed E-state index contributed by atoms with van der Waals surface area (Å²) >= 11 is 1.70. The van der Waals surface area contributed by atoms with Crippen LogP contribution in [0.3, 0.4) is 0 Å². The topological polar surface area (TPSA) is 92.3 Å². The molecule has 4 rings (SSSR count). The molecule has 2 aliphatic rings. The molecule has 1 aromatic heterocycles. The molecule has 1 aliphatic heterocycles. The van der Waals surface area contributed by atoms with Crippen molar-refractivity contribution in [1.29, 1.82) is 0 Å². The molecule has 1 amide bonds. The lowest BCUT2D eigenvalue weighted by Crippen LogP contribution is -2.37. The molecular formula is C18H22N4O3S2. The summed E-state index contributed by atoms with van der Waals surface area (Å²) in [5.74, 6) is 0.718. The minimum Gasteiger partial charge on any atom is -0.326 e. The molecule has 9 heteroatoms. The number of rotatable bonds is 5.